The molecule has 27 heavy (non-hydrogen) atoms. The first-order valence-corrected chi connectivity index (χ1v) is 10.1. The van der Waals surface area contributed by atoms with Gasteiger partial charge in [-0.1, -0.05) is 25.5 Å². The van der Waals surface area contributed by atoms with Crippen LogP contribution >= 0.6 is 11.3 Å². The van der Waals surface area contributed by atoms with Crippen molar-refractivity contribution in [1.82, 2.24) is 15.5 Å². The number of nitrogens with one attached hydrogen (secondary N) is 2. The van der Waals surface area contributed by atoms with Crippen molar-refractivity contribution in [2.24, 2.45) is 0 Å². The lowest BCUT2D eigenvalue weighted by Gasteiger charge is -2.30. The van der Waals surface area contributed by atoms with Crippen molar-refractivity contribution in [2.45, 2.75) is 45.3 Å². The lowest BCUT2D eigenvalue weighted by Crippen LogP contribution is -2.51. The van der Waals surface area contributed by atoms with E-state index in [0.717, 1.165) is 18.4 Å². The largest absolute Gasteiger partial charge is 0.336 e. The maximum atomic E-state index is 12.9. The summed E-state index contributed by atoms with van der Waals surface area (Å²) in [7, 11) is 0. The Labute approximate surface area is 162 Å². The first kappa shape index (κ1) is 19.4. The summed E-state index contributed by atoms with van der Waals surface area (Å²) in [6.45, 7) is 3.56. The highest BCUT2D eigenvalue weighted by Crippen LogP contribution is 2.24. The van der Waals surface area contributed by atoms with Gasteiger partial charge in [-0.2, -0.15) is 0 Å². The quantitative estimate of drug-likeness (QED) is 0.795. The Morgan fingerprint density at radius 3 is 2.78 bits per heavy atom. The Balaban J connectivity index is 1.55. The Kier molecular flexibility index (Phi) is 6.45. The number of amides is 3. The van der Waals surface area contributed by atoms with Gasteiger partial charge in [0.2, 0.25) is 5.91 Å². The summed E-state index contributed by atoms with van der Waals surface area (Å²) in [6.07, 6.45) is 2.26. The molecule has 1 aromatic carbocycles. The predicted molar refractivity (Wildman–Crippen MR) is 104 cm³/mol. The second-order valence-electron chi connectivity index (χ2n) is 6.67. The molecule has 0 radical (unpaired) electrons. The maximum absolute atomic E-state index is 12.9. The second kappa shape index (κ2) is 8.99. The zero-order valence-electron chi connectivity index (χ0n) is 15.3. The fraction of sp³-hybridized carbons (Fsp3) is 0.400. The molecular weight excluding hydrogens is 365 g/mol. The van der Waals surface area contributed by atoms with Crippen LogP contribution in [0.1, 0.15) is 35.8 Å². The predicted octanol–water partition coefficient (Wildman–Crippen LogP) is 3.44. The number of carbonyl (C=O) groups excluding carboxylic acids is 2. The van der Waals surface area contributed by atoms with Crippen molar-refractivity contribution in [3.05, 3.63) is 57.5 Å². The van der Waals surface area contributed by atoms with Gasteiger partial charge >= 0.3 is 6.03 Å². The first-order valence-electron chi connectivity index (χ1n) is 9.19. The molecule has 1 aromatic heterocycles. The van der Waals surface area contributed by atoms with Crippen LogP contribution in [0.2, 0.25) is 0 Å². The highest BCUT2D eigenvalue weighted by molar-refractivity contribution is 7.10. The lowest BCUT2D eigenvalue weighted by atomic mass is 10.1. The molecule has 3 amide bonds. The van der Waals surface area contributed by atoms with E-state index in [0.29, 0.717) is 19.5 Å². The average molecular weight is 389 g/mol. The monoisotopic (exact) mass is 389 g/mol. The minimum absolute atomic E-state index is 0.0365. The molecule has 0 spiro atoms. The number of nitrogens with zero attached hydrogens (tertiary/aromatic N) is 1. The van der Waals surface area contributed by atoms with Gasteiger partial charge in [0.1, 0.15) is 11.9 Å². The molecule has 1 aliphatic heterocycles. The molecule has 2 N–H and O–H groups in total. The van der Waals surface area contributed by atoms with Crippen LogP contribution in [-0.2, 0) is 24.3 Å². The zero-order chi connectivity index (χ0) is 19.2. The highest BCUT2D eigenvalue weighted by atomic mass is 32.1. The highest BCUT2D eigenvalue weighted by Gasteiger charge is 2.28. The third-order valence-electron chi connectivity index (χ3n) is 4.67. The van der Waals surface area contributed by atoms with Gasteiger partial charge in [-0.25, -0.2) is 9.18 Å². The minimum Gasteiger partial charge on any atom is -0.336 e. The normalized spacial score (nSPS) is 14.4. The molecule has 2 aromatic rings. The van der Waals surface area contributed by atoms with Crippen molar-refractivity contribution in [3.63, 3.8) is 0 Å². The van der Waals surface area contributed by atoms with Gasteiger partial charge in [0.25, 0.3) is 0 Å². The van der Waals surface area contributed by atoms with E-state index in [2.05, 4.69) is 22.1 Å². The van der Waals surface area contributed by atoms with E-state index in [1.165, 1.54) is 22.6 Å². The standard InChI is InChI=1S/C20H24FN3O2S/c1-2-3-17(19(25)24-10-8-18-15(13-24)9-11-27-18)23-20(26)22-12-14-4-6-16(21)7-5-14/h4-7,9,11,17H,2-3,8,10,12-13H2,1H3,(H2,22,23,26). The maximum Gasteiger partial charge on any atom is 0.315 e. The van der Waals surface area contributed by atoms with Crippen LogP contribution in [-0.4, -0.2) is 29.4 Å². The van der Waals surface area contributed by atoms with Crippen molar-refractivity contribution < 1.29 is 14.0 Å². The van der Waals surface area contributed by atoms with E-state index in [4.69, 9.17) is 0 Å². The number of thiophene rings is 1. The number of fused-ring (bicyclic) bond motifs is 1. The molecule has 5 nitrogen and oxygen atoms in total. The molecule has 1 unspecified atom stereocenters. The number of rotatable bonds is 6. The molecule has 144 valence electrons. The van der Waals surface area contributed by atoms with E-state index in [1.54, 1.807) is 23.5 Å². The molecule has 7 heteroatoms. The van der Waals surface area contributed by atoms with E-state index < -0.39 is 6.04 Å². The molecule has 0 aliphatic carbocycles. The van der Waals surface area contributed by atoms with Crippen LogP contribution < -0.4 is 10.6 Å². The number of urea groups is 1. The van der Waals surface area contributed by atoms with Gasteiger partial charge < -0.3 is 15.5 Å². The Hall–Kier alpha value is -2.41. The fourth-order valence-corrected chi connectivity index (χ4v) is 4.09. The SMILES string of the molecule is CCCC(NC(=O)NCc1ccc(F)cc1)C(=O)N1CCc2sccc2C1. The molecular formula is C20H24FN3O2S. The summed E-state index contributed by atoms with van der Waals surface area (Å²) in [5.74, 6) is -0.349. The Morgan fingerprint density at radius 1 is 1.26 bits per heavy atom. The number of hydrogen-bond donors (Lipinski definition) is 2. The van der Waals surface area contributed by atoms with Crippen molar-refractivity contribution in [3.8, 4) is 0 Å². The van der Waals surface area contributed by atoms with E-state index in [9.17, 15) is 14.0 Å². The molecule has 0 saturated heterocycles. The lowest BCUT2D eigenvalue weighted by molar-refractivity contribution is -0.134. The summed E-state index contributed by atoms with van der Waals surface area (Å²) < 4.78 is 12.9. The number of carbonyl (C=O) groups is 2. The van der Waals surface area contributed by atoms with Crippen LogP contribution in [0.3, 0.4) is 0 Å². The Bertz CT molecular complexity index is 791. The molecule has 1 aliphatic rings. The van der Waals surface area contributed by atoms with Gasteiger partial charge in [0, 0.05) is 24.5 Å². The molecule has 0 saturated carbocycles. The van der Waals surface area contributed by atoms with Crippen molar-refractivity contribution >= 4 is 23.3 Å². The van der Waals surface area contributed by atoms with Crippen LogP contribution in [0.25, 0.3) is 0 Å². The van der Waals surface area contributed by atoms with Crippen molar-refractivity contribution in [2.75, 3.05) is 6.54 Å². The van der Waals surface area contributed by atoms with E-state index in [-0.39, 0.29) is 24.3 Å². The van der Waals surface area contributed by atoms with Crippen LogP contribution in [0.15, 0.2) is 35.7 Å². The van der Waals surface area contributed by atoms with E-state index in [1.807, 2.05) is 11.8 Å². The third kappa shape index (κ3) is 5.07. The topological polar surface area (TPSA) is 61.4 Å². The molecule has 0 fully saturated rings. The second-order valence-corrected chi connectivity index (χ2v) is 7.67. The molecule has 2 heterocycles. The molecule has 3 rings (SSSR count). The Morgan fingerprint density at radius 2 is 2.04 bits per heavy atom. The molecule has 0 bridgehead atoms. The van der Waals surface area contributed by atoms with Crippen LogP contribution in [0.5, 0.6) is 0 Å². The smallest absolute Gasteiger partial charge is 0.315 e. The first-order chi connectivity index (χ1) is 13.1. The van der Waals surface area contributed by atoms with Gasteiger partial charge in [-0.3, -0.25) is 4.79 Å². The van der Waals surface area contributed by atoms with E-state index >= 15 is 0 Å². The number of halogens is 1. The van der Waals surface area contributed by atoms with Gasteiger partial charge in [0.15, 0.2) is 0 Å². The summed E-state index contributed by atoms with van der Waals surface area (Å²) in [6, 6.07) is 7.09. The van der Waals surface area contributed by atoms with Gasteiger partial charge in [-0.15, -0.1) is 11.3 Å². The fourth-order valence-electron chi connectivity index (χ4n) is 3.20. The zero-order valence-corrected chi connectivity index (χ0v) is 16.2. The van der Waals surface area contributed by atoms with Gasteiger partial charge in [0.05, 0.1) is 0 Å². The summed E-state index contributed by atoms with van der Waals surface area (Å²) >= 11 is 1.73. The summed E-state index contributed by atoms with van der Waals surface area (Å²) in [4.78, 5) is 28.3. The number of hydrogen-bond acceptors (Lipinski definition) is 3. The molecule has 1 atom stereocenters. The summed E-state index contributed by atoms with van der Waals surface area (Å²) in [5, 5.41) is 7.60. The van der Waals surface area contributed by atoms with Gasteiger partial charge in [-0.05, 0) is 47.5 Å². The van der Waals surface area contributed by atoms with Crippen LogP contribution in [0, 0.1) is 5.82 Å². The third-order valence-corrected chi connectivity index (χ3v) is 5.69. The minimum atomic E-state index is -0.539. The average Bonchev–Trinajstić information content (AvgIpc) is 3.14. The van der Waals surface area contributed by atoms with Crippen molar-refractivity contribution in [1.29, 1.82) is 0 Å². The number of benzene rings is 1. The summed E-state index contributed by atoms with van der Waals surface area (Å²) in [5.41, 5.74) is 2.00. The van der Waals surface area contributed by atoms with Crippen LogP contribution in [0.4, 0.5) is 9.18 Å².